The van der Waals surface area contributed by atoms with Gasteiger partial charge < -0.3 is 4.57 Å². The van der Waals surface area contributed by atoms with E-state index in [1.807, 2.05) is 6.92 Å². The van der Waals surface area contributed by atoms with Crippen LogP contribution in [0.5, 0.6) is 0 Å². The molecule has 6 nitrogen and oxygen atoms in total. The Kier molecular flexibility index (Phi) is 4.61. The van der Waals surface area contributed by atoms with Gasteiger partial charge in [-0.25, -0.2) is 14.4 Å². The van der Waals surface area contributed by atoms with Crippen molar-refractivity contribution in [3.05, 3.63) is 52.9 Å². The summed E-state index contributed by atoms with van der Waals surface area (Å²) in [6, 6.07) is 6.57. The van der Waals surface area contributed by atoms with Crippen molar-refractivity contribution in [1.29, 1.82) is 0 Å². The number of Topliss-reactive ketones (excluding diaryl/α,β-unsaturated/α-hetero) is 1. The molecule has 3 aromatic rings. The highest BCUT2D eigenvalue weighted by atomic mass is 32.1. The minimum absolute atomic E-state index is 0.0120. The average Bonchev–Trinajstić information content (AvgIpc) is 3.23. The van der Waals surface area contributed by atoms with Crippen LogP contribution < -0.4 is 0 Å². The standard InChI is InChI=1S/C19H20FN5OS/c1-11-17-16(12(2)26)22-18(19-21-13(3)23-27-19)25(17)9-8-24(11)10-14-4-6-15(20)7-5-14/h4-7,11H,8-10H2,1-3H3/t11-/m1/s1. The van der Waals surface area contributed by atoms with Crippen molar-refractivity contribution in [3.8, 4) is 10.8 Å². The Bertz CT molecular complexity index is 994. The molecule has 0 saturated carbocycles. The number of carbonyl (C=O) groups excluding carboxylic acids is 1. The van der Waals surface area contributed by atoms with E-state index in [9.17, 15) is 9.18 Å². The number of fused-ring (bicyclic) bond motifs is 1. The number of hydrogen-bond acceptors (Lipinski definition) is 6. The highest BCUT2D eigenvalue weighted by Gasteiger charge is 2.32. The number of nitrogens with zero attached hydrogens (tertiary/aromatic N) is 5. The van der Waals surface area contributed by atoms with Crippen LogP contribution in [0.25, 0.3) is 10.8 Å². The summed E-state index contributed by atoms with van der Waals surface area (Å²) >= 11 is 1.30. The van der Waals surface area contributed by atoms with Gasteiger partial charge in [0.2, 0.25) is 0 Å². The summed E-state index contributed by atoms with van der Waals surface area (Å²) in [6.07, 6.45) is 0. The van der Waals surface area contributed by atoms with Gasteiger partial charge in [-0.2, -0.15) is 4.37 Å². The van der Waals surface area contributed by atoms with Crippen molar-refractivity contribution in [3.63, 3.8) is 0 Å². The van der Waals surface area contributed by atoms with E-state index in [1.54, 1.807) is 19.1 Å². The molecule has 0 spiro atoms. The zero-order chi connectivity index (χ0) is 19.1. The van der Waals surface area contributed by atoms with Crippen molar-refractivity contribution < 1.29 is 9.18 Å². The molecule has 0 aliphatic carbocycles. The maximum absolute atomic E-state index is 13.2. The lowest BCUT2D eigenvalue weighted by atomic mass is 10.1. The van der Waals surface area contributed by atoms with E-state index in [0.717, 1.165) is 29.4 Å². The smallest absolute Gasteiger partial charge is 0.180 e. The van der Waals surface area contributed by atoms with Gasteiger partial charge in [0.1, 0.15) is 17.3 Å². The van der Waals surface area contributed by atoms with E-state index in [1.165, 1.54) is 23.7 Å². The lowest BCUT2D eigenvalue weighted by molar-refractivity contribution is 0.100. The van der Waals surface area contributed by atoms with Crippen LogP contribution in [0.1, 0.15) is 47.5 Å². The molecule has 3 heterocycles. The maximum atomic E-state index is 13.2. The van der Waals surface area contributed by atoms with Crippen LogP contribution in [0, 0.1) is 12.7 Å². The Morgan fingerprint density at radius 1 is 1.26 bits per heavy atom. The largest absolute Gasteiger partial charge is 0.323 e. The molecule has 0 bridgehead atoms. The van der Waals surface area contributed by atoms with Gasteiger partial charge in [0.05, 0.1) is 11.7 Å². The molecular formula is C19H20FN5OS. The number of imidazole rings is 1. The zero-order valence-electron chi connectivity index (χ0n) is 15.4. The molecule has 1 atom stereocenters. The fraction of sp³-hybridized carbons (Fsp3) is 0.368. The van der Waals surface area contributed by atoms with Crippen molar-refractivity contribution in [2.45, 2.75) is 39.9 Å². The molecule has 0 amide bonds. The molecule has 8 heteroatoms. The van der Waals surface area contributed by atoms with Gasteiger partial charge in [-0.1, -0.05) is 12.1 Å². The summed E-state index contributed by atoms with van der Waals surface area (Å²) in [5, 5.41) is 0.737. The molecule has 4 rings (SSSR count). The number of hydrogen-bond donors (Lipinski definition) is 0. The molecule has 0 fully saturated rings. The lowest BCUT2D eigenvalue weighted by Crippen LogP contribution is -2.37. The van der Waals surface area contributed by atoms with Crippen LogP contribution in [-0.4, -0.2) is 36.1 Å². The first kappa shape index (κ1) is 17.9. The molecule has 2 aromatic heterocycles. The summed E-state index contributed by atoms with van der Waals surface area (Å²) in [6.45, 7) is 7.69. The lowest BCUT2D eigenvalue weighted by Gasteiger charge is -2.35. The number of ketones is 1. The Hall–Kier alpha value is -2.45. The van der Waals surface area contributed by atoms with Gasteiger partial charge in [0, 0.05) is 26.6 Å². The van der Waals surface area contributed by atoms with Gasteiger partial charge in [-0.3, -0.25) is 9.69 Å². The van der Waals surface area contributed by atoms with E-state index < -0.39 is 0 Å². The molecule has 0 unspecified atom stereocenters. The summed E-state index contributed by atoms with van der Waals surface area (Å²) in [7, 11) is 0. The van der Waals surface area contributed by atoms with E-state index in [4.69, 9.17) is 0 Å². The molecule has 0 radical (unpaired) electrons. The number of aromatic nitrogens is 4. The monoisotopic (exact) mass is 385 g/mol. The quantitative estimate of drug-likeness (QED) is 0.642. The predicted molar refractivity (Wildman–Crippen MR) is 101 cm³/mol. The normalized spacial score (nSPS) is 17.1. The Balaban J connectivity index is 1.70. The van der Waals surface area contributed by atoms with E-state index >= 15 is 0 Å². The minimum atomic E-state index is -0.237. The fourth-order valence-corrected chi connectivity index (χ4v) is 4.23. The molecule has 1 aliphatic heterocycles. The summed E-state index contributed by atoms with van der Waals surface area (Å²) < 4.78 is 19.5. The Labute approximate surface area is 160 Å². The molecule has 140 valence electrons. The maximum Gasteiger partial charge on any atom is 0.180 e. The van der Waals surface area contributed by atoms with Crippen molar-refractivity contribution >= 4 is 17.3 Å². The third-order valence-corrected chi connectivity index (χ3v) is 5.71. The van der Waals surface area contributed by atoms with Crippen LogP contribution >= 0.6 is 11.5 Å². The predicted octanol–water partition coefficient (Wildman–Crippen LogP) is 3.63. The fourth-order valence-electron chi connectivity index (χ4n) is 3.56. The van der Waals surface area contributed by atoms with Crippen LogP contribution in [-0.2, 0) is 13.1 Å². The third-order valence-electron chi connectivity index (χ3n) is 4.91. The second kappa shape index (κ2) is 6.94. The third kappa shape index (κ3) is 3.30. The Morgan fingerprint density at radius 2 is 2.00 bits per heavy atom. The highest BCUT2D eigenvalue weighted by molar-refractivity contribution is 7.09. The Morgan fingerprint density at radius 3 is 2.63 bits per heavy atom. The zero-order valence-corrected chi connectivity index (χ0v) is 16.3. The summed E-state index contributed by atoms with van der Waals surface area (Å²) in [5.74, 6) is 1.13. The van der Waals surface area contributed by atoms with Crippen LogP contribution in [0.3, 0.4) is 0 Å². The van der Waals surface area contributed by atoms with E-state index in [2.05, 4.69) is 30.7 Å². The van der Waals surface area contributed by atoms with Gasteiger partial charge >= 0.3 is 0 Å². The van der Waals surface area contributed by atoms with Crippen molar-refractivity contribution in [1.82, 2.24) is 23.8 Å². The first-order valence-corrected chi connectivity index (χ1v) is 9.62. The van der Waals surface area contributed by atoms with E-state index in [-0.39, 0.29) is 17.6 Å². The number of rotatable bonds is 4. The topological polar surface area (TPSA) is 63.9 Å². The number of halogens is 1. The van der Waals surface area contributed by atoms with Gasteiger partial charge in [-0.05, 0) is 43.1 Å². The molecule has 1 aromatic carbocycles. The number of benzene rings is 1. The molecule has 0 saturated heterocycles. The summed E-state index contributed by atoms with van der Waals surface area (Å²) in [5.41, 5.74) is 2.45. The van der Waals surface area contributed by atoms with E-state index in [0.29, 0.717) is 23.9 Å². The minimum Gasteiger partial charge on any atom is -0.323 e. The van der Waals surface area contributed by atoms with Crippen molar-refractivity contribution in [2.24, 2.45) is 0 Å². The van der Waals surface area contributed by atoms with Crippen LogP contribution in [0.2, 0.25) is 0 Å². The van der Waals surface area contributed by atoms with Gasteiger partial charge in [0.15, 0.2) is 16.6 Å². The van der Waals surface area contributed by atoms with Gasteiger partial charge in [-0.15, -0.1) is 0 Å². The van der Waals surface area contributed by atoms with Crippen LogP contribution in [0.15, 0.2) is 24.3 Å². The second-order valence-electron chi connectivity index (χ2n) is 6.80. The molecular weight excluding hydrogens is 365 g/mol. The second-order valence-corrected chi connectivity index (χ2v) is 7.55. The summed E-state index contributed by atoms with van der Waals surface area (Å²) in [4.78, 5) is 23.6. The first-order chi connectivity index (χ1) is 12.9. The number of carbonyl (C=O) groups is 1. The SMILES string of the molecule is CC(=O)c1nc(-c2nc(C)ns2)n2c1[C@@H](C)N(Cc1ccc(F)cc1)CC2. The molecule has 27 heavy (non-hydrogen) atoms. The first-order valence-electron chi connectivity index (χ1n) is 8.84. The number of aryl methyl sites for hydroxylation is 1. The van der Waals surface area contributed by atoms with Crippen molar-refractivity contribution in [2.75, 3.05) is 6.54 Å². The molecule has 1 aliphatic rings. The highest BCUT2D eigenvalue weighted by Crippen LogP contribution is 2.34. The molecule has 0 N–H and O–H groups in total. The van der Waals surface area contributed by atoms with Gasteiger partial charge in [0.25, 0.3) is 0 Å². The van der Waals surface area contributed by atoms with Crippen LogP contribution in [0.4, 0.5) is 4.39 Å². The average molecular weight is 385 g/mol.